The molecule has 1 amide bonds. The Morgan fingerprint density at radius 1 is 1.41 bits per heavy atom. The van der Waals surface area contributed by atoms with Gasteiger partial charge in [0.2, 0.25) is 0 Å². The van der Waals surface area contributed by atoms with Crippen LogP contribution in [-0.2, 0) is 9.53 Å². The minimum absolute atomic E-state index is 0.190. The number of pyridine rings is 1. The summed E-state index contributed by atoms with van der Waals surface area (Å²) in [6, 6.07) is 1.36. The van der Waals surface area contributed by atoms with Crippen molar-refractivity contribution in [1.29, 1.82) is 0 Å². The molecule has 0 radical (unpaired) electrons. The van der Waals surface area contributed by atoms with Crippen LogP contribution in [0.25, 0.3) is 0 Å². The van der Waals surface area contributed by atoms with E-state index < -0.39 is 0 Å². The highest BCUT2D eigenvalue weighted by molar-refractivity contribution is 6.33. The molecule has 120 valence electrons. The number of aromatic nitrogens is 1. The normalized spacial score (nSPS) is 16.8. The van der Waals surface area contributed by atoms with Crippen LogP contribution in [0.1, 0.15) is 48.9 Å². The van der Waals surface area contributed by atoms with Crippen LogP contribution in [0.2, 0.25) is 5.02 Å². The van der Waals surface area contributed by atoms with Crippen molar-refractivity contribution in [2.24, 2.45) is 5.92 Å². The molecule has 0 saturated heterocycles. The molecule has 0 aromatic carbocycles. The fourth-order valence-corrected chi connectivity index (χ4v) is 3.15. The molecule has 5 nitrogen and oxygen atoms in total. The number of halogens is 1. The summed E-state index contributed by atoms with van der Waals surface area (Å²) in [5, 5.41) is 3.26. The summed E-state index contributed by atoms with van der Waals surface area (Å²) in [5.74, 6) is -0.277. The standard InChI is InChI=1S/C16H21ClN2O3/c1-22-15(20)9-14(11-5-3-2-4-6-11)19-16(21)12-7-8-18-10-13(12)17/h7-8,10-11,14H,2-6,9H2,1H3,(H,19,21)/t14-/m0/s1. The Labute approximate surface area is 135 Å². The van der Waals surface area contributed by atoms with E-state index in [-0.39, 0.29) is 24.3 Å². The van der Waals surface area contributed by atoms with Gasteiger partial charge in [0, 0.05) is 18.4 Å². The van der Waals surface area contributed by atoms with Crippen LogP contribution in [0, 0.1) is 5.92 Å². The summed E-state index contributed by atoms with van der Waals surface area (Å²) in [7, 11) is 1.36. The summed E-state index contributed by atoms with van der Waals surface area (Å²) < 4.78 is 4.76. The van der Waals surface area contributed by atoms with Crippen molar-refractivity contribution >= 4 is 23.5 Å². The van der Waals surface area contributed by atoms with E-state index in [9.17, 15) is 9.59 Å². The van der Waals surface area contributed by atoms with Crippen LogP contribution in [0.15, 0.2) is 18.5 Å². The molecular formula is C16H21ClN2O3. The van der Waals surface area contributed by atoms with Crippen molar-refractivity contribution in [1.82, 2.24) is 10.3 Å². The lowest BCUT2D eigenvalue weighted by Crippen LogP contribution is -2.42. The maximum Gasteiger partial charge on any atom is 0.307 e. The highest BCUT2D eigenvalue weighted by Crippen LogP contribution is 2.28. The molecule has 0 unspecified atom stereocenters. The Kier molecular flexibility index (Phi) is 6.19. The minimum atomic E-state index is -0.309. The van der Waals surface area contributed by atoms with Gasteiger partial charge < -0.3 is 10.1 Å². The summed E-state index contributed by atoms with van der Waals surface area (Å²) in [6.07, 6.45) is 8.67. The average Bonchev–Trinajstić information content (AvgIpc) is 2.55. The zero-order valence-corrected chi connectivity index (χ0v) is 13.4. The van der Waals surface area contributed by atoms with Gasteiger partial charge in [-0.25, -0.2) is 0 Å². The summed E-state index contributed by atoms with van der Waals surface area (Å²) in [6.45, 7) is 0. The van der Waals surface area contributed by atoms with E-state index in [2.05, 4.69) is 10.3 Å². The Morgan fingerprint density at radius 2 is 2.14 bits per heavy atom. The van der Waals surface area contributed by atoms with E-state index in [4.69, 9.17) is 16.3 Å². The lowest BCUT2D eigenvalue weighted by molar-refractivity contribution is -0.141. The summed E-state index contributed by atoms with van der Waals surface area (Å²) in [4.78, 5) is 27.9. The van der Waals surface area contributed by atoms with Crippen LogP contribution in [0.4, 0.5) is 0 Å². The third kappa shape index (κ3) is 4.44. The lowest BCUT2D eigenvalue weighted by atomic mass is 9.82. The molecule has 1 N–H and O–H groups in total. The number of rotatable bonds is 5. The second kappa shape index (κ2) is 8.13. The van der Waals surface area contributed by atoms with Gasteiger partial charge in [-0.3, -0.25) is 14.6 Å². The van der Waals surface area contributed by atoms with E-state index in [1.165, 1.54) is 25.9 Å². The smallest absolute Gasteiger partial charge is 0.307 e. The van der Waals surface area contributed by atoms with Gasteiger partial charge >= 0.3 is 5.97 Å². The third-order valence-corrected chi connectivity index (χ3v) is 4.47. The van der Waals surface area contributed by atoms with E-state index in [0.717, 1.165) is 25.7 Å². The Morgan fingerprint density at radius 3 is 2.77 bits per heavy atom. The quantitative estimate of drug-likeness (QED) is 0.845. The van der Waals surface area contributed by atoms with Gasteiger partial charge in [-0.2, -0.15) is 0 Å². The largest absolute Gasteiger partial charge is 0.469 e. The summed E-state index contributed by atoms with van der Waals surface area (Å²) in [5.41, 5.74) is 0.377. The van der Waals surface area contributed by atoms with Crippen molar-refractivity contribution < 1.29 is 14.3 Å². The van der Waals surface area contributed by atoms with Crippen molar-refractivity contribution in [2.75, 3.05) is 7.11 Å². The van der Waals surface area contributed by atoms with Gasteiger partial charge in [-0.05, 0) is 24.8 Å². The highest BCUT2D eigenvalue weighted by atomic mass is 35.5. The topological polar surface area (TPSA) is 68.3 Å². The van der Waals surface area contributed by atoms with E-state index in [1.807, 2.05) is 0 Å². The monoisotopic (exact) mass is 324 g/mol. The van der Waals surface area contributed by atoms with Gasteiger partial charge in [-0.15, -0.1) is 0 Å². The fourth-order valence-electron chi connectivity index (χ4n) is 2.94. The molecule has 1 heterocycles. The molecule has 6 heteroatoms. The van der Waals surface area contributed by atoms with Crippen molar-refractivity contribution in [2.45, 2.75) is 44.6 Å². The second-order valence-corrected chi connectivity index (χ2v) is 6.02. The first-order valence-corrected chi connectivity index (χ1v) is 7.96. The number of hydrogen-bond donors (Lipinski definition) is 1. The Balaban J connectivity index is 2.09. The molecule has 1 saturated carbocycles. The van der Waals surface area contributed by atoms with E-state index in [1.54, 1.807) is 6.07 Å². The fraction of sp³-hybridized carbons (Fsp3) is 0.562. The SMILES string of the molecule is COC(=O)C[C@H](NC(=O)c1ccncc1Cl)C1CCCCC1. The number of methoxy groups -OCH3 is 1. The van der Waals surface area contributed by atoms with Crippen molar-refractivity contribution in [3.8, 4) is 0 Å². The van der Waals surface area contributed by atoms with E-state index in [0.29, 0.717) is 16.5 Å². The molecule has 22 heavy (non-hydrogen) atoms. The predicted molar refractivity (Wildman–Crippen MR) is 83.7 cm³/mol. The first-order chi connectivity index (χ1) is 10.6. The number of nitrogens with zero attached hydrogens (tertiary/aromatic N) is 1. The number of ether oxygens (including phenoxy) is 1. The molecule has 1 aromatic rings. The van der Waals surface area contributed by atoms with Crippen molar-refractivity contribution in [3.63, 3.8) is 0 Å². The average molecular weight is 325 g/mol. The molecule has 2 rings (SSSR count). The first-order valence-electron chi connectivity index (χ1n) is 7.59. The number of carbonyl (C=O) groups is 2. The predicted octanol–water partition coefficient (Wildman–Crippen LogP) is 2.98. The molecular weight excluding hydrogens is 304 g/mol. The molecule has 1 aliphatic rings. The van der Waals surface area contributed by atoms with Crippen LogP contribution < -0.4 is 5.32 Å². The van der Waals surface area contributed by atoms with Crippen LogP contribution in [-0.4, -0.2) is 30.0 Å². The zero-order chi connectivity index (χ0) is 15.9. The molecule has 0 aliphatic heterocycles. The number of carbonyl (C=O) groups excluding carboxylic acids is 2. The molecule has 1 atom stereocenters. The molecule has 0 bridgehead atoms. The molecule has 0 spiro atoms. The number of hydrogen-bond acceptors (Lipinski definition) is 4. The van der Waals surface area contributed by atoms with Gasteiger partial charge in [0.1, 0.15) is 0 Å². The molecule has 1 fully saturated rings. The molecule has 1 aliphatic carbocycles. The Hall–Kier alpha value is -1.62. The van der Waals surface area contributed by atoms with Gasteiger partial charge in [-0.1, -0.05) is 30.9 Å². The van der Waals surface area contributed by atoms with Crippen LogP contribution in [0.5, 0.6) is 0 Å². The maximum absolute atomic E-state index is 12.4. The van der Waals surface area contributed by atoms with Crippen LogP contribution in [0.3, 0.4) is 0 Å². The van der Waals surface area contributed by atoms with Crippen molar-refractivity contribution in [3.05, 3.63) is 29.0 Å². The zero-order valence-electron chi connectivity index (χ0n) is 12.7. The van der Waals surface area contributed by atoms with Gasteiger partial charge in [0.25, 0.3) is 5.91 Å². The summed E-state index contributed by atoms with van der Waals surface area (Å²) >= 11 is 6.01. The number of amides is 1. The minimum Gasteiger partial charge on any atom is -0.469 e. The third-order valence-electron chi connectivity index (χ3n) is 4.17. The first kappa shape index (κ1) is 16.7. The maximum atomic E-state index is 12.4. The second-order valence-electron chi connectivity index (χ2n) is 5.61. The van der Waals surface area contributed by atoms with Crippen LogP contribution >= 0.6 is 11.6 Å². The van der Waals surface area contributed by atoms with Gasteiger partial charge in [0.05, 0.1) is 24.1 Å². The van der Waals surface area contributed by atoms with Gasteiger partial charge in [0.15, 0.2) is 0 Å². The number of nitrogens with one attached hydrogen (secondary N) is 1. The molecule has 1 aromatic heterocycles. The van der Waals surface area contributed by atoms with E-state index >= 15 is 0 Å². The highest BCUT2D eigenvalue weighted by Gasteiger charge is 2.28. The number of esters is 1. The lowest BCUT2D eigenvalue weighted by Gasteiger charge is -2.30. The Bertz CT molecular complexity index is 530.